The molecule has 0 saturated heterocycles. The molecular formula is C20H34N2O3S. The fourth-order valence-corrected chi connectivity index (χ4v) is 3.63. The maximum absolute atomic E-state index is 11.9. The molecule has 0 aromatic heterocycles. The molecule has 6 heteroatoms. The van der Waals surface area contributed by atoms with Gasteiger partial charge in [-0.2, -0.15) is 0 Å². The van der Waals surface area contributed by atoms with E-state index >= 15 is 0 Å². The van der Waals surface area contributed by atoms with Crippen LogP contribution in [0.2, 0.25) is 0 Å². The number of hydrogen-bond acceptors (Lipinski definition) is 3. The van der Waals surface area contributed by atoms with E-state index in [2.05, 4.69) is 41.2 Å². The van der Waals surface area contributed by atoms with Crippen LogP contribution >= 0.6 is 0 Å². The van der Waals surface area contributed by atoms with Gasteiger partial charge in [-0.25, -0.2) is 13.1 Å². The first kappa shape index (κ1) is 22.6. The molecular weight excluding hydrogens is 348 g/mol. The largest absolute Gasteiger partial charge is 0.352 e. The first-order chi connectivity index (χ1) is 12.4. The Kier molecular flexibility index (Phi) is 10.5. The maximum atomic E-state index is 11.9. The van der Waals surface area contributed by atoms with Gasteiger partial charge in [0, 0.05) is 19.5 Å². The quantitative estimate of drug-likeness (QED) is 0.513. The number of carbonyl (C=O) groups is 1. The fraction of sp³-hybridized carbons (Fsp3) is 0.650. The molecule has 1 atom stereocenters. The Morgan fingerprint density at radius 3 is 2.31 bits per heavy atom. The van der Waals surface area contributed by atoms with Crippen LogP contribution in [0.25, 0.3) is 0 Å². The number of amides is 1. The molecule has 0 aliphatic carbocycles. The zero-order valence-electron chi connectivity index (χ0n) is 16.4. The zero-order chi connectivity index (χ0) is 19.4. The Bertz CT molecular complexity index is 627. The second kappa shape index (κ2) is 12.1. The van der Waals surface area contributed by atoms with Crippen LogP contribution in [-0.2, 0) is 27.8 Å². The molecule has 1 aromatic rings. The molecule has 0 saturated carbocycles. The lowest BCUT2D eigenvalue weighted by Crippen LogP contribution is -2.33. The summed E-state index contributed by atoms with van der Waals surface area (Å²) >= 11 is 0. The van der Waals surface area contributed by atoms with E-state index in [1.54, 1.807) is 6.92 Å². The van der Waals surface area contributed by atoms with Crippen molar-refractivity contribution >= 4 is 15.9 Å². The Labute approximate surface area is 159 Å². The van der Waals surface area contributed by atoms with Crippen LogP contribution in [-0.4, -0.2) is 26.1 Å². The number of carbonyl (C=O) groups excluding carboxylic acids is 1. The second-order valence-electron chi connectivity index (χ2n) is 6.81. The van der Waals surface area contributed by atoms with Crippen LogP contribution in [0.4, 0.5) is 0 Å². The number of rotatable bonds is 13. The Hall–Kier alpha value is -1.40. The molecule has 2 N–H and O–H groups in total. The molecule has 1 aromatic carbocycles. The highest BCUT2D eigenvalue weighted by molar-refractivity contribution is 7.90. The number of sulfonamides is 1. The molecule has 5 nitrogen and oxygen atoms in total. The van der Waals surface area contributed by atoms with Crippen LogP contribution in [0, 0.1) is 0 Å². The number of unbranched alkanes of at least 4 members (excludes halogenated alkanes) is 2. The van der Waals surface area contributed by atoms with Crippen molar-refractivity contribution in [3.05, 3.63) is 35.4 Å². The Morgan fingerprint density at radius 1 is 1.04 bits per heavy atom. The van der Waals surface area contributed by atoms with Crippen LogP contribution in [0.5, 0.6) is 0 Å². The highest BCUT2D eigenvalue weighted by Gasteiger charge is 2.17. The average molecular weight is 383 g/mol. The number of benzene rings is 1. The van der Waals surface area contributed by atoms with Gasteiger partial charge in [0.1, 0.15) is 0 Å². The summed E-state index contributed by atoms with van der Waals surface area (Å²) in [5.74, 6) is 0.00448. The summed E-state index contributed by atoms with van der Waals surface area (Å²) < 4.78 is 26.2. The van der Waals surface area contributed by atoms with Gasteiger partial charge in [-0.05, 0) is 50.2 Å². The van der Waals surface area contributed by atoms with E-state index in [0.717, 1.165) is 12.0 Å². The number of hydrogen-bond donors (Lipinski definition) is 2. The lowest BCUT2D eigenvalue weighted by Gasteiger charge is -2.11. The standard InChI is InChI=1S/C20H34N2O3S/c1-4-6-9-18-11-13-19(14-12-18)16-21-20(23)10-7-8-15-22-26(24,25)17(3)5-2/h11-14,17,22H,4-10,15-16H2,1-3H3,(H,21,23). The van der Waals surface area contributed by atoms with Gasteiger partial charge in [-0.3, -0.25) is 4.79 Å². The molecule has 1 amide bonds. The first-order valence-corrected chi connectivity index (χ1v) is 11.3. The molecule has 0 spiro atoms. The molecule has 1 rings (SSSR count). The van der Waals surface area contributed by atoms with Crippen LogP contribution in [0.3, 0.4) is 0 Å². The van der Waals surface area contributed by atoms with E-state index < -0.39 is 10.0 Å². The predicted molar refractivity (Wildman–Crippen MR) is 107 cm³/mol. The molecule has 0 aliphatic rings. The molecule has 148 valence electrons. The fourth-order valence-electron chi connectivity index (χ4n) is 2.48. The number of aryl methyl sites for hydroxylation is 1. The van der Waals surface area contributed by atoms with Gasteiger partial charge in [-0.1, -0.05) is 44.5 Å². The highest BCUT2D eigenvalue weighted by atomic mass is 32.2. The minimum Gasteiger partial charge on any atom is -0.352 e. The van der Waals surface area contributed by atoms with Gasteiger partial charge in [0.25, 0.3) is 0 Å². The van der Waals surface area contributed by atoms with E-state index in [1.807, 2.05) is 6.92 Å². The smallest absolute Gasteiger partial charge is 0.220 e. The van der Waals surface area contributed by atoms with Gasteiger partial charge in [-0.15, -0.1) is 0 Å². The van der Waals surface area contributed by atoms with Crippen LogP contribution in [0.1, 0.15) is 70.4 Å². The molecule has 0 heterocycles. The highest BCUT2D eigenvalue weighted by Crippen LogP contribution is 2.08. The van der Waals surface area contributed by atoms with E-state index in [0.29, 0.717) is 38.8 Å². The van der Waals surface area contributed by atoms with Crippen molar-refractivity contribution in [1.29, 1.82) is 0 Å². The second-order valence-corrected chi connectivity index (χ2v) is 9.00. The molecule has 0 bridgehead atoms. The van der Waals surface area contributed by atoms with Gasteiger partial charge in [0.2, 0.25) is 15.9 Å². The lowest BCUT2D eigenvalue weighted by molar-refractivity contribution is -0.121. The van der Waals surface area contributed by atoms with Crippen molar-refractivity contribution in [2.75, 3.05) is 6.54 Å². The molecule has 1 unspecified atom stereocenters. The summed E-state index contributed by atoms with van der Waals surface area (Å²) in [5.41, 5.74) is 2.43. The third kappa shape index (κ3) is 8.81. The molecule has 26 heavy (non-hydrogen) atoms. The monoisotopic (exact) mass is 382 g/mol. The summed E-state index contributed by atoms with van der Waals surface area (Å²) in [6.07, 6.45) is 5.83. The minimum absolute atomic E-state index is 0.00448. The van der Waals surface area contributed by atoms with Crippen molar-refractivity contribution in [2.24, 2.45) is 0 Å². The summed E-state index contributed by atoms with van der Waals surface area (Å²) in [4.78, 5) is 11.9. The molecule has 0 fully saturated rings. The first-order valence-electron chi connectivity index (χ1n) is 9.72. The van der Waals surface area contributed by atoms with E-state index in [1.165, 1.54) is 18.4 Å². The third-order valence-corrected chi connectivity index (χ3v) is 6.57. The average Bonchev–Trinajstić information content (AvgIpc) is 2.64. The van der Waals surface area contributed by atoms with E-state index in [9.17, 15) is 13.2 Å². The normalized spacial score (nSPS) is 12.7. The van der Waals surface area contributed by atoms with Crippen LogP contribution in [0.15, 0.2) is 24.3 Å². The third-order valence-electron chi connectivity index (χ3n) is 4.57. The lowest BCUT2D eigenvalue weighted by atomic mass is 10.1. The molecule has 0 aliphatic heterocycles. The van der Waals surface area contributed by atoms with Crippen molar-refractivity contribution in [1.82, 2.24) is 10.0 Å². The van der Waals surface area contributed by atoms with E-state index in [-0.39, 0.29) is 11.2 Å². The maximum Gasteiger partial charge on any atom is 0.220 e. The van der Waals surface area contributed by atoms with Crippen molar-refractivity contribution < 1.29 is 13.2 Å². The van der Waals surface area contributed by atoms with Gasteiger partial charge in [0.15, 0.2) is 0 Å². The zero-order valence-corrected chi connectivity index (χ0v) is 17.2. The van der Waals surface area contributed by atoms with Gasteiger partial charge in [0.05, 0.1) is 5.25 Å². The number of nitrogens with one attached hydrogen (secondary N) is 2. The Morgan fingerprint density at radius 2 is 1.69 bits per heavy atom. The van der Waals surface area contributed by atoms with Gasteiger partial charge < -0.3 is 5.32 Å². The SMILES string of the molecule is CCCCc1ccc(CNC(=O)CCCCNS(=O)(=O)C(C)CC)cc1. The summed E-state index contributed by atoms with van der Waals surface area (Å²) in [7, 11) is -3.22. The Balaban J connectivity index is 2.19. The van der Waals surface area contributed by atoms with Crippen molar-refractivity contribution in [2.45, 2.75) is 77.5 Å². The van der Waals surface area contributed by atoms with Gasteiger partial charge >= 0.3 is 0 Å². The topological polar surface area (TPSA) is 75.3 Å². The van der Waals surface area contributed by atoms with Crippen molar-refractivity contribution in [3.8, 4) is 0 Å². The summed E-state index contributed by atoms with van der Waals surface area (Å²) in [5, 5.41) is 2.54. The summed E-state index contributed by atoms with van der Waals surface area (Å²) in [6, 6.07) is 8.38. The predicted octanol–water partition coefficient (Wildman–Crippen LogP) is 3.53. The minimum atomic E-state index is -3.22. The van der Waals surface area contributed by atoms with Crippen LogP contribution < -0.4 is 10.0 Å². The summed E-state index contributed by atoms with van der Waals surface area (Å²) in [6.45, 7) is 6.66. The van der Waals surface area contributed by atoms with Crippen molar-refractivity contribution in [3.63, 3.8) is 0 Å². The van der Waals surface area contributed by atoms with E-state index in [4.69, 9.17) is 0 Å². The molecule has 0 radical (unpaired) electrons.